The number of nitrogens with zero attached hydrogens (tertiary/aromatic N) is 3. The lowest BCUT2D eigenvalue weighted by Gasteiger charge is -2.28. The lowest BCUT2D eigenvalue weighted by molar-refractivity contribution is -0.139. The number of rotatable bonds is 7. The first-order valence-electron chi connectivity index (χ1n) is 9.30. The number of carbonyl (C=O) groups excluding carboxylic acids is 3. The van der Waals surface area contributed by atoms with Crippen molar-refractivity contribution in [3.63, 3.8) is 0 Å². The highest BCUT2D eigenvalue weighted by Crippen LogP contribution is 2.29. The predicted octanol–water partition coefficient (Wildman–Crippen LogP) is 2.53. The van der Waals surface area contributed by atoms with Gasteiger partial charge in [0.25, 0.3) is 5.91 Å². The first-order chi connectivity index (χ1) is 13.7. The van der Waals surface area contributed by atoms with Crippen molar-refractivity contribution < 1.29 is 18.8 Å². The number of nitrogens with one attached hydrogen (secondary N) is 1. The van der Waals surface area contributed by atoms with Crippen LogP contribution in [0, 0.1) is 5.82 Å². The fourth-order valence-electron chi connectivity index (χ4n) is 3.31. The number of amides is 4. The summed E-state index contributed by atoms with van der Waals surface area (Å²) in [6.45, 7) is 5.41. The predicted molar refractivity (Wildman–Crippen MR) is 107 cm³/mol. The number of carbonyl (C=O) groups is 3. The summed E-state index contributed by atoms with van der Waals surface area (Å²) in [4.78, 5) is 45.1. The molecule has 1 aliphatic heterocycles. The number of halogens is 1. The molecular weight excluding hydrogens is 395 g/mol. The van der Waals surface area contributed by atoms with Gasteiger partial charge in [-0.1, -0.05) is 12.1 Å². The van der Waals surface area contributed by atoms with Gasteiger partial charge in [0.2, 0.25) is 5.91 Å². The molecule has 0 aliphatic carbocycles. The molecule has 2 aromatic rings. The Balaban J connectivity index is 1.72. The van der Waals surface area contributed by atoms with Crippen LogP contribution >= 0.6 is 11.3 Å². The Morgan fingerprint density at radius 2 is 2.00 bits per heavy atom. The minimum absolute atomic E-state index is 0.0910. The van der Waals surface area contributed by atoms with Gasteiger partial charge in [0.05, 0.1) is 5.01 Å². The molecule has 0 spiro atoms. The van der Waals surface area contributed by atoms with Crippen LogP contribution in [0.4, 0.5) is 9.18 Å². The highest BCUT2D eigenvalue weighted by atomic mass is 32.1. The normalized spacial score (nSPS) is 19.0. The number of imide groups is 1. The van der Waals surface area contributed by atoms with Crippen LogP contribution in [-0.4, -0.2) is 51.8 Å². The van der Waals surface area contributed by atoms with Crippen molar-refractivity contribution in [3.05, 3.63) is 52.2 Å². The Labute approximate surface area is 172 Å². The fourth-order valence-corrected chi connectivity index (χ4v) is 3.92. The van der Waals surface area contributed by atoms with Gasteiger partial charge < -0.3 is 10.2 Å². The SMILES string of the molecule is CC(C)N(CCc1nccs1)C(=O)CN1C(=O)NC(C)(c2ccc(F)cc2)C1=O. The second-order valence-corrected chi connectivity index (χ2v) is 8.29. The van der Waals surface area contributed by atoms with E-state index in [1.54, 1.807) is 18.0 Å². The van der Waals surface area contributed by atoms with Crippen LogP contribution in [0.3, 0.4) is 0 Å². The maximum absolute atomic E-state index is 13.2. The minimum atomic E-state index is -1.34. The zero-order valence-corrected chi connectivity index (χ0v) is 17.3. The molecule has 0 bridgehead atoms. The van der Waals surface area contributed by atoms with Gasteiger partial charge in [-0.15, -0.1) is 11.3 Å². The smallest absolute Gasteiger partial charge is 0.325 e. The van der Waals surface area contributed by atoms with Gasteiger partial charge in [-0.25, -0.2) is 14.2 Å². The van der Waals surface area contributed by atoms with Crippen LogP contribution in [0.1, 0.15) is 31.3 Å². The van der Waals surface area contributed by atoms with Crippen LogP contribution in [-0.2, 0) is 21.5 Å². The molecule has 9 heteroatoms. The van der Waals surface area contributed by atoms with E-state index in [9.17, 15) is 18.8 Å². The largest absolute Gasteiger partial charge is 0.338 e. The van der Waals surface area contributed by atoms with Gasteiger partial charge in [0, 0.05) is 30.6 Å². The maximum atomic E-state index is 13.2. The molecule has 1 aromatic heterocycles. The summed E-state index contributed by atoms with van der Waals surface area (Å²) in [5.74, 6) is -1.29. The molecule has 4 amide bonds. The van der Waals surface area contributed by atoms with Crippen LogP contribution < -0.4 is 5.32 Å². The zero-order valence-electron chi connectivity index (χ0n) is 16.5. The molecule has 7 nitrogen and oxygen atoms in total. The highest BCUT2D eigenvalue weighted by Gasteiger charge is 2.49. The maximum Gasteiger partial charge on any atom is 0.325 e. The van der Waals surface area contributed by atoms with Crippen LogP contribution in [0.25, 0.3) is 0 Å². The number of hydrogen-bond acceptors (Lipinski definition) is 5. The minimum Gasteiger partial charge on any atom is -0.338 e. The van der Waals surface area contributed by atoms with Crippen LogP contribution in [0.15, 0.2) is 35.8 Å². The van der Waals surface area contributed by atoms with E-state index < -0.39 is 23.3 Å². The topological polar surface area (TPSA) is 82.6 Å². The van der Waals surface area contributed by atoms with Gasteiger partial charge in [-0.3, -0.25) is 14.5 Å². The van der Waals surface area contributed by atoms with Crippen molar-refractivity contribution in [2.24, 2.45) is 0 Å². The molecule has 1 aliphatic rings. The summed E-state index contributed by atoms with van der Waals surface area (Å²) in [6, 6.07) is 4.63. The second kappa shape index (κ2) is 8.28. The first-order valence-corrected chi connectivity index (χ1v) is 10.2. The van der Waals surface area contributed by atoms with Gasteiger partial charge in [-0.05, 0) is 38.5 Å². The van der Waals surface area contributed by atoms with E-state index in [2.05, 4.69) is 10.3 Å². The van der Waals surface area contributed by atoms with E-state index in [0.29, 0.717) is 18.5 Å². The Kier molecular flexibility index (Phi) is 5.97. The number of aromatic nitrogens is 1. The third kappa shape index (κ3) is 4.29. The molecule has 1 N–H and O–H groups in total. The van der Waals surface area contributed by atoms with Crippen LogP contribution in [0.2, 0.25) is 0 Å². The molecule has 1 atom stereocenters. The van der Waals surface area contributed by atoms with Gasteiger partial charge in [0.1, 0.15) is 17.9 Å². The Morgan fingerprint density at radius 3 is 2.59 bits per heavy atom. The standard InChI is InChI=1S/C20H23FN4O3S/c1-13(2)24(10-8-16-22-9-11-29-16)17(26)12-25-18(27)20(3,23-19(25)28)14-4-6-15(21)7-5-14/h4-7,9,11,13H,8,10,12H2,1-3H3,(H,23,28). The van der Waals surface area contributed by atoms with E-state index in [4.69, 9.17) is 0 Å². The lowest BCUT2D eigenvalue weighted by atomic mass is 9.92. The number of benzene rings is 1. The Bertz CT molecular complexity index is 901. The molecule has 1 saturated heterocycles. The van der Waals surface area contributed by atoms with E-state index in [1.807, 2.05) is 19.2 Å². The average molecular weight is 418 g/mol. The average Bonchev–Trinajstić information content (AvgIpc) is 3.25. The molecule has 0 radical (unpaired) electrons. The molecule has 1 unspecified atom stereocenters. The summed E-state index contributed by atoms with van der Waals surface area (Å²) < 4.78 is 13.2. The van der Waals surface area contributed by atoms with Crippen molar-refractivity contribution in [1.29, 1.82) is 0 Å². The van der Waals surface area contributed by atoms with Crippen molar-refractivity contribution >= 4 is 29.2 Å². The van der Waals surface area contributed by atoms with Gasteiger partial charge in [0.15, 0.2) is 0 Å². The fraction of sp³-hybridized carbons (Fsp3) is 0.400. The molecule has 1 aromatic carbocycles. The van der Waals surface area contributed by atoms with Gasteiger partial charge in [-0.2, -0.15) is 0 Å². The summed E-state index contributed by atoms with van der Waals surface area (Å²) in [7, 11) is 0. The Hall–Kier alpha value is -2.81. The zero-order chi connectivity index (χ0) is 21.2. The summed E-state index contributed by atoms with van der Waals surface area (Å²) >= 11 is 1.52. The monoisotopic (exact) mass is 418 g/mol. The molecule has 0 saturated carbocycles. The van der Waals surface area contributed by atoms with Crippen molar-refractivity contribution in [2.45, 2.75) is 38.8 Å². The second-order valence-electron chi connectivity index (χ2n) is 7.31. The van der Waals surface area contributed by atoms with E-state index in [1.165, 1.54) is 35.6 Å². The molecule has 3 rings (SSSR count). The Morgan fingerprint density at radius 1 is 1.31 bits per heavy atom. The molecule has 29 heavy (non-hydrogen) atoms. The van der Waals surface area contributed by atoms with E-state index in [0.717, 1.165) is 9.91 Å². The molecule has 1 fully saturated rings. The first kappa shape index (κ1) is 20.9. The summed E-state index contributed by atoms with van der Waals surface area (Å²) in [6.07, 6.45) is 2.32. The highest BCUT2D eigenvalue weighted by molar-refractivity contribution is 7.09. The van der Waals surface area contributed by atoms with E-state index in [-0.39, 0.29) is 18.5 Å². The van der Waals surface area contributed by atoms with Crippen molar-refractivity contribution in [3.8, 4) is 0 Å². The lowest BCUT2D eigenvalue weighted by Crippen LogP contribution is -2.47. The molecular formula is C20H23FN4O3S. The van der Waals surface area contributed by atoms with Gasteiger partial charge >= 0.3 is 6.03 Å². The third-order valence-electron chi connectivity index (χ3n) is 4.98. The molecule has 2 heterocycles. The van der Waals surface area contributed by atoms with Crippen molar-refractivity contribution in [1.82, 2.24) is 20.1 Å². The van der Waals surface area contributed by atoms with Crippen LogP contribution in [0.5, 0.6) is 0 Å². The molecule has 154 valence electrons. The van der Waals surface area contributed by atoms with E-state index >= 15 is 0 Å². The third-order valence-corrected chi connectivity index (χ3v) is 5.82. The number of thiazole rings is 1. The summed E-state index contributed by atoms with van der Waals surface area (Å²) in [5, 5.41) is 5.42. The summed E-state index contributed by atoms with van der Waals surface area (Å²) in [5.41, 5.74) is -0.883. The number of urea groups is 1. The number of hydrogen-bond donors (Lipinski definition) is 1. The van der Waals surface area contributed by atoms with Crippen molar-refractivity contribution in [2.75, 3.05) is 13.1 Å². The quantitative estimate of drug-likeness (QED) is 0.701.